The third-order valence-corrected chi connectivity index (χ3v) is 5.09. The number of hydrogen-bond donors (Lipinski definition) is 2. The summed E-state index contributed by atoms with van der Waals surface area (Å²) in [6.07, 6.45) is 1.34. The first kappa shape index (κ1) is 17.9. The molecule has 0 heterocycles. The van der Waals surface area contributed by atoms with E-state index in [4.69, 9.17) is 0 Å². The summed E-state index contributed by atoms with van der Waals surface area (Å²) in [7, 11) is 0. The van der Waals surface area contributed by atoms with E-state index in [1.54, 1.807) is 23.5 Å². The van der Waals surface area contributed by atoms with Gasteiger partial charge in [-0.25, -0.2) is 0 Å². The van der Waals surface area contributed by atoms with Crippen LogP contribution in [0.3, 0.4) is 0 Å². The second-order valence-corrected chi connectivity index (χ2v) is 6.94. The zero-order chi connectivity index (χ0) is 16.5. The minimum atomic E-state index is -0.672. The second-order valence-electron chi connectivity index (χ2n) is 5.07. The summed E-state index contributed by atoms with van der Waals surface area (Å²) >= 11 is 3.23. The molecule has 1 amide bonds. The van der Waals surface area contributed by atoms with Crippen LogP contribution in [0, 0.1) is 0 Å². The molecule has 0 unspecified atom stereocenters. The number of rotatable bonds is 8. The third-order valence-electron chi connectivity index (χ3n) is 3.34. The highest BCUT2D eigenvalue weighted by Gasteiger charge is 2.09. The van der Waals surface area contributed by atoms with Gasteiger partial charge in [-0.1, -0.05) is 42.5 Å². The van der Waals surface area contributed by atoms with E-state index in [1.165, 1.54) is 5.56 Å². The van der Waals surface area contributed by atoms with Crippen LogP contribution < -0.4 is 5.32 Å². The van der Waals surface area contributed by atoms with Gasteiger partial charge in [0, 0.05) is 17.2 Å². The molecule has 1 atom stereocenters. The first-order valence-electron chi connectivity index (χ1n) is 7.39. The van der Waals surface area contributed by atoms with Crippen LogP contribution in [0.4, 0.5) is 0 Å². The van der Waals surface area contributed by atoms with Gasteiger partial charge in [-0.3, -0.25) is 4.79 Å². The fraction of sp³-hybridized carbons (Fsp3) is 0.278. The minimum absolute atomic E-state index is 0.0503. The van der Waals surface area contributed by atoms with Crippen molar-refractivity contribution in [2.24, 2.45) is 0 Å². The molecule has 0 saturated heterocycles. The van der Waals surface area contributed by atoms with E-state index in [9.17, 15) is 9.90 Å². The van der Waals surface area contributed by atoms with Crippen molar-refractivity contribution >= 4 is 29.4 Å². The van der Waals surface area contributed by atoms with Crippen LogP contribution >= 0.6 is 23.5 Å². The molecule has 2 aromatic carbocycles. The molecular weight excluding hydrogens is 326 g/mol. The summed E-state index contributed by atoms with van der Waals surface area (Å²) < 4.78 is 0. The Labute approximate surface area is 145 Å². The number of thioether (sulfide) groups is 2. The largest absolute Gasteiger partial charge is 0.387 e. The quantitative estimate of drug-likeness (QED) is 0.718. The maximum atomic E-state index is 11.8. The lowest BCUT2D eigenvalue weighted by atomic mass is 10.1. The molecule has 5 heteroatoms. The summed E-state index contributed by atoms with van der Waals surface area (Å²) in [6.45, 7) is 0.239. The Hall–Kier alpha value is -1.43. The summed E-state index contributed by atoms with van der Waals surface area (Å²) in [4.78, 5) is 13.0. The molecule has 0 radical (unpaired) electrons. The number of benzene rings is 2. The fourth-order valence-corrected chi connectivity index (χ4v) is 3.27. The number of amides is 1. The summed E-state index contributed by atoms with van der Waals surface area (Å²) in [6, 6.07) is 17.8. The number of nitrogens with one attached hydrogen (secondary N) is 1. The number of aliphatic hydroxyl groups is 1. The Morgan fingerprint density at radius 1 is 1.13 bits per heavy atom. The molecule has 0 aliphatic rings. The Kier molecular flexibility index (Phi) is 7.52. The average molecular weight is 348 g/mol. The smallest absolute Gasteiger partial charge is 0.230 e. The van der Waals surface area contributed by atoms with Crippen molar-refractivity contribution < 1.29 is 9.90 Å². The summed E-state index contributed by atoms with van der Waals surface area (Å²) in [5, 5.41) is 12.9. The van der Waals surface area contributed by atoms with Crippen molar-refractivity contribution in [1.29, 1.82) is 0 Å². The first-order chi connectivity index (χ1) is 11.2. The summed E-state index contributed by atoms with van der Waals surface area (Å²) in [5.41, 5.74) is 2.03. The lowest BCUT2D eigenvalue weighted by Gasteiger charge is -2.12. The normalized spacial score (nSPS) is 11.9. The summed E-state index contributed by atoms with van der Waals surface area (Å²) in [5.74, 6) is 1.16. The Morgan fingerprint density at radius 2 is 1.83 bits per heavy atom. The minimum Gasteiger partial charge on any atom is -0.387 e. The molecule has 3 nitrogen and oxygen atoms in total. The van der Waals surface area contributed by atoms with Gasteiger partial charge in [0.15, 0.2) is 0 Å². The van der Waals surface area contributed by atoms with E-state index in [0.717, 1.165) is 16.2 Å². The van der Waals surface area contributed by atoms with Crippen LogP contribution in [0.25, 0.3) is 0 Å². The Morgan fingerprint density at radius 3 is 2.48 bits per heavy atom. The average Bonchev–Trinajstić information content (AvgIpc) is 2.60. The predicted octanol–water partition coefficient (Wildman–Crippen LogP) is 3.49. The van der Waals surface area contributed by atoms with Gasteiger partial charge in [-0.15, -0.1) is 23.5 Å². The molecule has 0 saturated carbocycles. The highest BCUT2D eigenvalue weighted by atomic mass is 32.2. The van der Waals surface area contributed by atoms with Crippen LogP contribution in [0.15, 0.2) is 59.5 Å². The maximum Gasteiger partial charge on any atom is 0.230 e. The van der Waals surface area contributed by atoms with E-state index in [0.29, 0.717) is 5.75 Å². The van der Waals surface area contributed by atoms with Crippen molar-refractivity contribution in [2.75, 3.05) is 18.6 Å². The zero-order valence-electron chi connectivity index (χ0n) is 13.1. The molecule has 2 N–H and O–H groups in total. The van der Waals surface area contributed by atoms with E-state index in [1.807, 2.05) is 60.9 Å². The number of aliphatic hydroxyl groups excluding tert-OH is 1. The molecule has 0 spiro atoms. The van der Waals surface area contributed by atoms with Gasteiger partial charge in [0.05, 0.1) is 11.9 Å². The van der Waals surface area contributed by atoms with Crippen molar-refractivity contribution in [3.05, 3.63) is 65.7 Å². The van der Waals surface area contributed by atoms with E-state index >= 15 is 0 Å². The van der Waals surface area contributed by atoms with Crippen molar-refractivity contribution in [2.45, 2.75) is 16.8 Å². The van der Waals surface area contributed by atoms with Crippen molar-refractivity contribution in [1.82, 2.24) is 5.32 Å². The molecular formula is C18H21NO2S2. The standard InChI is InChI=1S/C18H21NO2S2/c1-22-16-9-7-15(8-10-16)17(20)11-19-18(21)13-23-12-14-5-3-2-4-6-14/h2-10,17,20H,11-13H2,1H3,(H,19,21)/t17-/m0/s1. The molecule has 0 aromatic heterocycles. The Bertz CT molecular complexity index is 602. The molecule has 2 aromatic rings. The molecule has 122 valence electrons. The van der Waals surface area contributed by atoms with Gasteiger partial charge in [-0.05, 0) is 29.5 Å². The maximum absolute atomic E-state index is 11.8. The number of hydrogen-bond acceptors (Lipinski definition) is 4. The highest BCUT2D eigenvalue weighted by molar-refractivity contribution is 7.99. The van der Waals surface area contributed by atoms with Crippen LogP contribution in [-0.4, -0.2) is 29.6 Å². The zero-order valence-corrected chi connectivity index (χ0v) is 14.7. The highest BCUT2D eigenvalue weighted by Crippen LogP contribution is 2.18. The topological polar surface area (TPSA) is 49.3 Å². The third kappa shape index (κ3) is 6.29. The number of carbonyl (C=O) groups excluding carboxylic acids is 1. The first-order valence-corrected chi connectivity index (χ1v) is 9.77. The number of carbonyl (C=O) groups is 1. The van der Waals surface area contributed by atoms with E-state index in [2.05, 4.69) is 5.32 Å². The van der Waals surface area contributed by atoms with Crippen molar-refractivity contribution in [3.63, 3.8) is 0 Å². The van der Waals surface area contributed by atoms with Crippen LogP contribution in [0.1, 0.15) is 17.2 Å². The van der Waals surface area contributed by atoms with Crippen LogP contribution in [0.2, 0.25) is 0 Å². The SMILES string of the molecule is CSc1ccc([C@@H](O)CNC(=O)CSCc2ccccc2)cc1. The predicted molar refractivity (Wildman–Crippen MR) is 98.8 cm³/mol. The van der Waals surface area contributed by atoms with Gasteiger partial charge in [0.25, 0.3) is 0 Å². The molecule has 0 fully saturated rings. The lowest BCUT2D eigenvalue weighted by molar-refractivity contribution is -0.119. The van der Waals surface area contributed by atoms with Gasteiger partial charge >= 0.3 is 0 Å². The van der Waals surface area contributed by atoms with Crippen molar-refractivity contribution in [3.8, 4) is 0 Å². The van der Waals surface area contributed by atoms with E-state index in [-0.39, 0.29) is 12.5 Å². The fourth-order valence-electron chi connectivity index (χ4n) is 2.04. The van der Waals surface area contributed by atoms with Crippen LogP contribution in [-0.2, 0) is 10.5 Å². The molecule has 0 bridgehead atoms. The van der Waals surface area contributed by atoms with Gasteiger partial charge in [0.2, 0.25) is 5.91 Å². The molecule has 2 rings (SSSR count). The van der Waals surface area contributed by atoms with Gasteiger partial charge < -0.3 is 10.4 Å². The lowest BCUT2D eigenvalue weighted by Crippen LogP contribution is -2.29. The molecule has 0 aliphatic carbocycles. The Balaban J connectivity index is 1.68. The molecule has 0 aliphatic heterocycles. The van der Waals surface area contributed by atoms with Gasteiger partial charge in [0.1, 0.15) is 0 Å². The van der Waals surface area contributed by atoms with E-state index < -0.39 is 6.10 Å². The molecule has 23 heavy (non-hydrogen) atoms. The monoisotopic (exact) mass is 347 g/mol. The van der Waals surface area contributed by atoms with Crippen LogP contribution in [0.5, 0.6) is 0 Å². The van der Waals surface area contributed by atoms with Gasteiger partial charge in [-0.2, -0.15) is 0 Å². The second kappa shape index (κ2) is 9.65.